The molecule has 0 atom stereocenters. The third-order valence-electron chi connectivity index (χ3n) is 3.70. The summed E-state index contributed by atoms with van der Waals surface area (Å²) in [4.78, 5) is 18.5. The van der Waals surface area contributed by atoms with E-state index in [0.717, 1.165) is 16.9 Å². The first-order valence-corrected chi connectivity index (χ1v) is 8.27. The summed E-state index contributed by atoms with van der Waals surface area (Å²) in [5.74, 6) is -0.126. The molecule has 25 heavy (non-hydrogen) atoms. The second kappa shape index (κ2) is 7.81. The number of aromatic nitrogens is 1. The van der Waals surface area contributed by atoms with Crippen LogP contribution >= 0.6 is 11.6 Å². The number of nitrogens with zero attached hydrogens (tertiary/aromatic N) is 2. The minimum absolute atomic E-state index is 0.126. The molecule has 1 amide bonds. The van der Waals surface area contributed by atoms with Gasteiger partial charge in [0.15, 0.2) is 0 Å². The molecule has 4 nitrogen and oxygen atoms in total. The minimum Gasteiger partial charge on any atom is -0.355 e. The first-order valence-electron chi connectivity index (χ1n) is 7.90. The number of nitrogens with one attached hydrogen (secondary N) is 1. The summed E-state index contributed by atoms with van der Waals surface area (Å²) in [6, 6.07) is 20.8. The first kappa shape index (κ1) is 17.0. The van der Waals surface area contributed by atoms with Crippen LogP contribution in [0, 0.1) is 0 Å². The first-order chi connectivity index (χ1) is 12.1. The number of halogens is 1. The van der Waals surface area contributed by atoms with Crippen LogP contribution in [0.3, 0.4) is 0 Å². The summed E-state index contributed by atoms with van der Waals surface area (Å²) < 4.78 is 0. The molecule has 0 unspecified atom stereocenters. The highest BCUT2D eigenvalue weighted by Crippen LogP contribution is 2.20. The van der Waals surface area contributed by atoms with Gasteiger partial charge < -0.3 is 10.2 Å². The molecule has 0 fully saturated rings. The molecule has 1 N–H and O–H groups in total. The van der Waals surface area contributed by atoms with Crippen LogP contribution in [0.25, 0.3) is 0 Å². The topological polar surface area (TPSA) is 45.2 Å². The van der Waals surface area contributed by atoms with Gasteiger partial charge in [-0.2, -0.15) is 0 Å². The average Bonchev–Trinajstić information content (AvgIpc) is 2.62. The maximum absolute atomic E-state index is 12.6. The third kappa shape index (κ3) is 4.58. The molecule has 2 aromatic carbocycles. The van der Waals surface area contributed by atoms with Gasteiger partial charge in [-0.15, -0.1) is 0 Å². The van der Waals surface area contributed by atoms with Crippen molar-refractivity contribution in [3.8, 4) is 0 Å². The molecule has 126 valence electrons. The predicted octanol–water partition coefficient (Wildman–Crippen LogP) is 4.75. The van der Waals surface area contributed by atoms with Gasteiger partial charge in [0.25, 0.3) is 5.91 Å². The number of benzene rings is 2. The van der Waals surface area contributed by atoms with E-state index in [4.69, 9.17) is 11.6 Å². The highest BCUT2D eigenvalue weighted by Gasteiger charge is 2.14. The van der Waals surface area contributed by atoms with E-state index in [0.29, 0.717) is 17.3 Å². The summed E-state index contributed by atoms with van der Waals surface area (Å²) in [5.41, 5.74) is 3.11. The van der Waals surface area contributed by atoms with Crippen molar-refractivity contribution in [1.82, 2.24) is 9.88 Å². The molecule has 0 radical (unpaired) electrons. The molecule has 1 heterocycles. The van der Waals surface area contributed by atoms with Crippen molar-refractivity contribution < 1.29 is 4.79 Å². The molecular weight excluding hydrogens is 334 g/mol. The Morgan fingerprint density at radius 2 is 1.80 bits per heavy atom. The van der Waals surface area contributed by atoms with Crippen molar-refractivity contribution >= 4 is 28.9 Å². The number of amides is 1. The van der Waals surface area contributed by atoms with Gasteiger partial charge in [-0.1, -0.05) is 48.0 Å². The molecule has 0 aliphatic rings. The van der Waals surface area contributed by atoms with Gasteiger partial charge in [-0.05, 0) is 35.9 Å². The Morgan fingerprint density at radius 1 is 1.04 bits per heavy atom. The van der Waals surface area contributed by atoms with Gasteiger partial charge in [0, 0.05) is 36.2 Å². The average molecular weight is 352 g/mol. The number of hydrogen-bond donors (Lipinski definition) is 1. The second-order valence-corrected chi connectivity index (χ2v) is 6.15. The minimum atomic E-state index is -0.126. The Bertz CT molecular complexity index is 868. The zero-order valence-corrected chi connectivity index (χ0v) is 14.6. The van der Waals surface area contributed by atoms with Crippen LogP contribution in [0.2, 0.25) is 5.02 Å². The molecule has 0 spiro atoms. The van der Waals surface area contributed by atoms with Gasteiger partial charge in [0.1, 0.15) is 5.69 Å². The number of carbonyl (C=O) groups is 1. The Kier molecular flexibility index (Phi) is 5.31. The van der Waals surface area contributed by atoms with E-state index in [9.17, 15) is 4.79 Å². The predicted molar refractivity (Wildman–Crippen MR) is 101 cm³/mol. The van der Waals surface area contributed by atoms with Crippen LogP contribution < -0.4 is 5.32 Å². The quantitative estimate of drug-likeness (QED) is 0.721. The fraction of sp³-hybridized carbons (Fsp3) is 0.100. The van der Waals surface area contributed by atoms with Crippen LogP contribution in [-0.2, 0) is 6.54 Å². The molecule has 0 aliphatic carbocycles. The van der Waals surface area contributed by atoms with Crippen molar-refractivity contribution in [1.29, 1.82) is 0 Å². The van der Waals surface area contributed by atoms with E-state index < -0.39 is 0 Å². The van der Waals surface area contributed by atoms with Crippen molar-refractivity contribution in [2.24, 2.45) is 0 Å². The highest BCUT2D eigenvalue weighted by atomic mass is 35.5. The lowest BCUT2D eigenvalue weighted by Gasteiger charge is -2.17. The largest absolute Gasteiger partial charge is 0.355 e. The summed E-state index contributed by atoms with van der Waals surface area (Å²) >= 11 is 6.00. The van der Waals surface area contributed by atoms with Crippen LogP contribution in [0.4, 0.5) is 11.4 Å². The second-order valence-electron chi connectivity index (χ2n) is 5.71. The molecule has 0 saturated carbocycles. The van der Waals surface area contributed by atoms with Crippen LogP contribution in [0.5, 0.6) is 0 Å². The summed E-state index contributed by atoms with van der Waals surface area (Å²) in [5, 5.41) is 3.88. The number of hydrogen-bond acceptors (Lipinski definition) is 3. The van der Waals surface area contributed by atoms with Gasteiger partial charge >= 0.3 is 0 Å². The highest BCUT2D eigenvalue weighted by molar-refractivity contribution is 6.30. The lowest BCUT2D eigenvalue weighted by molar-refractivity contribution is 0.0779. The maximum Gasteiger partial charge on any atom is 0.272 e. The fourth-order valence-corrected chi connectivity index (χ4v) is 2.67. The zero-order valence-electron chi connectivity index (χ0n) is 13.8. The number of pyridine rings is 1. The van der Waals surface area contributed by atoms with E-state index in [2.05, 4.69) is 10.3 Å². The van der Waals surface area contributed by atoms with E-state index >= 15 is 0 Å². The van der Waals surface area contributed by atoms with Crippen molar-refractivity contribution in [3.05, 3.63) is 89.2 Å². The lowest BCUT2D eigenvalue weighted by atomic mass is 10.2. The zero-order chi connectivity index (χ0) is 17.6. The van der Waals surface area contributed by atoms with Gasteiger partial charge in [-0.25, -0.2) is 0 Å². The van der Waals surface area contributed by atoms with Crippen molar-refractivity contribution in [2.75, 3.05) is 12.4 Å². The van der Waals surface area contributed by atoms with E-state index in [1.54, 1.807) is 24.2 Å². The van der Waals surface area contributed by atoms with Gasteiger partial charge in [-0.3, -0.25) is 9.78 Å². The standard InChI is InChI=1S/C20H18ClN3O/c1-24(14-15-6-3-2-4-7-15)20(25)19-13-18(10-11-22-19)23-17-9-5-8-16(21)12-17/h2-13H,14H2,1H3,(H,22,23). The van der Waals surface area contributed by atoms with Gasteiger partial charge in [0.05, 0.1) is 0 Å². The van der Waals surface area contributed by atoms with Crippen molar-refractivity contribution in [2.45, 2.75) is 6.54 Å². The third-order valence-corrected chi connectivity index (χ3v) is 3.94. The normalized spacial score (nSPS) is 10.3. The Balaban J connectivity index is 1.73. The maximum atomic E-state index is 12.6. The fourth-order valence-electron chi connectivity index (χ4n) is 2.48. The van der Waals surface area contributed by atoms with E-state index in [-0.39, 0.29) is 5.91 Å². The van der Waals surface area contributed by atoms with Crippen LogP contribution in [0.15, 0.2) is 72.9 Å². The van der Waals surface area contributed by atoms with Crippen LogP contribution in [-0.4, -0.2) is 22.8 Å². The van der Waals surface area contributed by atoms with Crippen LogP contribution in [0.1, 0.15) is 16.1 Å². The summed E-state index contributed by atoms with van der Waals surface area (Å²) in [6.07, 6.45) is 1.62. The Hall–Kier alpha value is -2.85. The number of anilines is 2. The molecule has 0 bridgehead atoms. The number of rotatable bonds is 5. The molecule has 3 aromatic rings. The molecule has 3 rings (SSSR count). The van der Waals surface area contributed by atoms with E-state index in [1.807, 2.05) is 60.7 Å². The lowest BCUT2D eigenvalue weighted by Crippen LogP contribution is -2.27. The van der Waals surface area contributed by atoms with Gasteiger partial charge in [0.2, 0.25) is 0 Å². The molecular formula is C20H18ClN3O. The van der Waals surface area contributed by atoms with E-state index in [1.165, 1.54) is 0 Å². The number of carbonyl (C=O) groups excluding carboxylic acids is 1. The molecule has 0 aliphatic heterocycles. The summed E-state index contributed by atoms with van der Waals surface area (Å²) in [7, 11) is 1.77. The smallest absolute Gasteiger partial charge is 0.272 e. The summed E-state index contributed by atoms with van der Waals surface area (Å²) in [6.45, 7) is 0.535. The molecule has 1 aromatic heterocycles. The SMILES string of the molecule is CN(Cc1ccccc1)C(=O)c1cc(Nc2cccc(Cl)c2)ccn1. The monoisotopic (exact) mass is 351 g/mol. The van der Waals surface area contributed by atoms with Crippen molar-refractivity contribution in [3.63, 3.8) is 0 Å². The Morgan fingerprint density at radius 3 is 2.56 bits per heavy atom. The molecule has 0 saturated heterocycles. The molecule has 5 heteroatoms. The Labute approximate surface area is 152 Å².